The van der Waals surface area contributed by atoms with Crippen molar-refractivity contribution in [1.82, 2.24) is 19.5 Å². The molecule has 2 saturated heterocycles. The fraction of sp³-hybridized carbons (Fsp3) is 0.500. The Morgan fingerprint density at radius 3 is 2.85 bits per heavy atom. The summed E-state index contributed by atoms with van der Waals surface area (Å²) in [6.45, 7) is 9.21. The van der Waals surface area contributed by atoms with Gasteiger partial charge in [-0.15, -0.1) is 0 Å². The van der Waals surface area contributed by atoms with E-state index in [2.05, 4.69) is 5.10 Å². The van der Waals surface area contributed by atoms with Gasteiger partial charge in [-0.25, -0.2) is 9.31 Å². The second-order valence-electron chi connectivity index (χ2n) is 10.2. The van der Waals surface area contributed by atoms with Crippen molar-refractivity contribution in [2.24, 2.45) is 5.92 Å². The van der Waals surface area contributed by atoms with Crippen LogP contribution in [0.1, 0.15) is 45.2 Å². The van der Waals surface area contributed by atoms with E-state index in [1.165, 1.54) is 0 Å². The number of nitrogens with zero attached hydrogens (tertiary/aromatic N) is 4. The molecule has 0 N–H and O–H groups in total. The molecule has 0 aliphatic carbocycles. The Bertz CT molecular complexity index is 1170. The lowest BCUT2D eigenvalue weighted by molar-refractivity contribution is -0.0508. The molecular weight excluding hydrogens is 432 g/mol. The van der Waals surface area contributed by atoms with E-state index in [0.29, 0.717) is 19.1 Å². The molecule has 1 atom stereocenters. The van der Waals surface area contributed by atoms with Gasteiger partial charge in [-0.1, -0.05) is 6.07 Å². The molecule has 3 aromatic heterocycles. The molecule has 2 fully saturated rings. The Morgan fingerprint density at radius 1 is 1.24 bits per heavy atom. The maximum atomic E-state index is 12.6. The average Bonchev–Trinajstić information content (AvgIpc) is 3.20. The summed E-state index contributed by atoms with van der Waals surface area (Å²) < 4.78 is 18.6. The molecule has 0 bridgehead atoms. The molecular formula is C26H32N4O4. The number of piperidine rings is 1. The molecule has 2 aliphatic heterocycles. The standard InChI is InChI=1S/C26H32N4O4/c1-26(2,3)34-25(31)29-10-5-6-19(14-29)22-7-4-8-23(28-22)21-13-27-30-11-9-20(12-24(21)30)33-17-18-15-32-16-18/h4,7-9,11-13,18-19H,5-6,10,14-17H2,1-3H3. The molecule has 34 heavy (non-hydrogen) atoms. The molecule has 0 spiro atoms. The van der Waals surface area contributed by atoms with Gasteiger partial charge in [-0.05, 0) is 51.8 Å². The van der Waals surface area contributed by atoms with Crippen LogP contribution in [-0.4, -0.2) is 64.1 Å². The number of carbonyl (C=O) groups excluding carboxylic acids is 1. The van der Waals surface area contributed by atoms with Crippen LogP contribution < -0.4 is 4.74 Å². The molecule has 8 heteroatoms. The van der Waals surface area contributed by atoms with Gasteiger partial charge in [-0.3, -0.25) is 4.98 Å². The summed E-state index contributed by atoms with van der Waals surface area (Å²) in [5.74, 6) is 1.46. The number of hydrogen-bond donors (Lipinski definition) is 0. The van der Waals surface area contributed by atoms with Crippen LogP contribution in [0.15, 0.2) is 42.7 Å². The van der Waals surface area contributed by atoms with E-state index in [9.17, 15) is 4.79 Å². The first-order valence-electron chi connectivity index (χ1n) is 12.0. The van der Waals surface area contributed by atoms with Crippen molar-refractivity contribution in [2.75, 3.05) is 32.9 Å². The van der Waals surface area contributed by atoms with Gasteiger partial charge in [0.25, 0.3) is 0 Å². The van der Waals surface area contributed by atoms with Gasteiger partial charge < -0.3 is 19.1 Å². The van der Waals surface area contributed by atoms with Gasteiger partial charge in [0.2, 0.25) is 0 Å². The summed E-state index contributed by atoms with van der Waals surface area (Å²) in [7, 11) is 0. The van der Waals surface area contributed by atoms with Crippen molar-refractivity contribution >= 4 is 11.6 Å². The molecule has 0 saturated carbocycles. The number of aromatic nitrogens is 3. The number of pyridine rings is 2. The smallest absolute Gasteiger partial charge is 0.410 e. The second-order valence-corrected chi connectivity index (χ2v) is 10.2. The molecule has 0 radical (unpaired) electrons. The van der Waals surface area contributed by atoms with E-state index in [-0.39, 0.29) is 12.0 Å². The van der Waals surface area contributed by atoms with E-state index in [4.69, 9.17) is 19.2 Å². The predicted molar refractivity (Wildman–Crippen MR) is 128 cm³/mol. The van der Waals surface area contributed by atoms with E-state index < -0.39 is 5.60 Å². The van der Waals surface area contributed by atoms with Gasteiger partial charge in [-0.2, -0.15) is 5.10 Å². The number of rotatable bonds is 5. The SMILES string of the molecule is CC(C)(C)OC(=O)N1CCCC(c2cccc(-c3cnn4ccc(OCC5COC5)cc34)n2)C1. The summed E-state index contributed by atoms with van der Waals surface area (Å²) in [5.41, 5.74) is 3.26. The lowest BCUT2D eigenvalue weighted by Crippen LogP contribution is -2.42. The van der Waals surface area contributed by atoms with Crippen LogP contribution >= 0.6 is 0 Å². The fourth-order valence-corrected chi connectivity index (χ4v) is 4.38. The Labute approximate surface area is 199 Å². The van der Waals surface area contributed by atoms with E-state index >= 15 is 0 Å². The summed E-state index contributed by atoms with van der Waals surface area (Å²) >= 11 is 0. The first-order chi connectivity index (χ1) is 16.4. The third-order valence-electron chi connectivity index (χ3n) is 6.22. The molecule has 1 amide bonds. The average molecular weight is 465 g/mol. The predicted octanol–water partition coefficient (Wildman–Crippen LogP) is 4.54. The maximum absolute atomic E-state index is 12.6. The monoisotopic (exact) mass is 464 g/mol. The van der Waals surface area contributed by atoms with Crippen molar-refractivity contribution in [3.05, 3.63) is 48.4 Å². The van der Waals surface area contributed by atoms with Gasteiger partial charge in [0.05, 0.1) is 37.2 Å². The highest BCUT2D eigenvalue weighted by Gasteiger charge is 2.29. The highest BCUT2D eigenvalue weighted by Crippen LogP contribution is 2.31. The molecule has 0 aromatic carbocycles. The molecule has 1 unspecified atom stereocenters. The second kappa shape index (κ2) is 9.25. The van der Waals surface area contributed by atoms with Crippen LogP contribution in [0, 0.1) is 5.92 Å². The van der Waals surface area contributed by atoms with E-state index in [0.717, 1.165) is 60.8 Å². The number of amides is 1. The number of ether oxygens (including phenoxy) is 3. The normalized spacial score (nSPS) is 19.1. The highest BCUT2D eigenvalue weighted by molar-refractivity contribution is 5.78. The summed E-state index contributed by atoms with van der Waals surface area (Å²) in [6.07, 6.45) is 5.43. The summed E-state index contributed by atoms with van der Waals surface area (Å²) in [5, 5.41) is 4.50. The molecule has 2 aliphatic rings. The number of likely N-dealkylation sites (tertiary alicyclic amines) is 1. The first-order valence-corrected chi connectivity index (χ1v) is 12.0. The lowest BCUT2D eigenvalue weighted by atomic mass is 9.94. The third-order valence-corrected chi connectivity index (χ3v) is 6.22. The Morgan fingerprint density at radius 2 is 2.09 bits per heavy atom. The zero-order chi connectivity index (χ0) is 23.7. The van der Waals surface area contributed by atoms with Gasteiger partial charge in [0.1, 0.15) is 11.4 Å². The zero-order valence-electron chi connectivity index (χ0n) is 20.1. The van der Waals surface area contributed by atoms with Crippen molar-refractivity contribution < 1.29 is 19.0 Å². The van der Waals surface area contributed by atoms with Crippen LogP contribution in [0.25, 0.3) is 16.8 Å². The molecule has 180 valence electrons. The van der Waals surface area contributed by atoms with Gasteiger partial charge in [0.15, 0.2) is 0 Å². The fourth-order valence-electron chi connectivity index (χ4n) is 4.38. The largest absolute Gasteiger partial charge is 0.493 e. The first kappa shape index (κ1) is 22.7. The molecule has 3 aromatic rings. The minimum Gasteiger partial charge on any atom is -0.493 e. The zero-order valence-corrected chi connectivity index (χ0v) is 20.1. The van der Waals surface area contributed by atoms with E-state index in [1.807, 2.05) is 68.0 Å². The van der Waals surface area contributed by atoms with Crippen molar-refractivity contribution in [2.45, 2.75) is 45.1 Å². The van der Waals surface area contributed by atoms with Crippen LogP contribution in [0.3, 0.4) is 0 Å². The maximum Gasteiger partial charge on any atom is 0.410 e. The lowest BCUT2D eigenvalue weighted by Gasteiger charge is -2.34. The van der Waals surface area contributed by atoms with Crippen molar-refractivity contribution in [3.63, 3.8) is 0 Å². The van der Waals surface area contributed by atoms with Gasteiger partial charge >= 0.3 is 6.09 Å². The Balaban J connectivity index is 1.34. The Kier molecular flexibility index (Phi) is 6.16. The summed E-state index contributed by atoms with van der Waals surface area (Å²) in [4.78, 5) is 19.4. The van der Waals surface area contributed by atoms with Crippen LogP contribution in [0.2, 0.25) is 0 Å². The van der Waals surface area contributed by atoms with Gasteiger partial charge in [0, 0.05) is 48.4 Å². The van der Waals surface area contributed by atoms with Crippen molar-refractivity contribution in [1.29, 1.82) is 0 Å². The third kappa shape index (κ3) is 5.01. The molecule has 5 rings (SSSR count). The Hall–Kier alpha value is -3.13. The number of carbonyl (C=O) groups is 1. The topological polar surface area (TPSA) is 78.2 Å². The van der Waals surface area contributed by atoms with Crippen LogP contribution in [0.4, 0.5) is 4.79 Å². The van der Waals surface area contributed by atoms with Crippen molar-refractivity contribution in [3.8, 4) is 17.0 Å². The van der Waals surface area contributed by atoms with Crippen LogP contribution in [-0.2, 0) is 9.47 Å². The minimum absolute atomic E-state index is 0.173. The number of fused-ring (bicyclic) bond motifs is 1. The van der Waals surface area contributed by atoms with Crippen LogP contribution in [0.5, 0.6) is 5.75 Å². The molecule has 8 nitrogen and oxygen atoms in total. The minimum atomic E-state index is -0.500. The number of hydrogen-bond acceptors (Lipinski definition) is 6. The molecule has 5 heterocycles. The van der Waals surface area contributed by atoms with E-state index in [1.54, 1.807) is 4.90 Å². The highest BCUT2D eigenvalue weighted by atomic mass is 16.6. The summed E-state index contributed by atoms with van der Waals surface area (Å²) in [6, 6.07) is 10.0. The quantitative estimate of drug-likeness (QED) is 0.552.